The molecule has 2 aliphatic rings. The molecule has 4 atom stereocenters. The Morgan fingerprint density at radius 2 is 2.00 bits per heavy atom. The number of nitrogens with one attached hydrogen (secondary N) is 2. The highest BCUT2D eigenvalue weighted by Crippen LogP contribution is 2.38. The van der Waals surface area contributed by atoms with Crippen LogP contribution in [0.2, 0.25) is 0 Å². The smallest absolute Gasteiger partial charge is 0.144 e. The Balaban J connectivity index is 1.39. The van der Waals surface area contributed by atoms with Crippen LogP contribution in [0.4, 0.5) is 11.6 Å². The van der Waals surface area contributed by atoms with Gasteiger partial charge in [-0.25, -0.2) is 9.97 Å². The topological polar surface area (TPSA) is 86.2 Å². The largest absolute Gasteiger partial charge is 0.391 e. The van der Waals surface area contributed by atoms with Gasteiger partial charge in [0.2, 0.25) is 0 Å². The van der Waals surface area contributed by atoms with E-state index in [2.05, 4.69) is 36.6 Å². The monoisotopic (exact) mass is 354 g/mol. The standard InChI is InChI=1S/C19H26N6O/c1-20-19-13(3-2-4-23-19)10-25-11-14-7-16(17(26)8-15(14)12-25)24-18-9-21-5-6-22-18/h2-6,9,14-17,26H,7-8,10-12H2,1H3,(H,20,23)(H,22,24)/t14-,15+,16-,17-/m1/s1. The fraction of sp³-hybridized carbons (Fsp3) is 0.526. The van der Waals surface area contributed by atoms with E-state index in [1.807, 2.05) is 19.3 Å². The maximum atomic E-state index is 10.6. The van der Waals surface area contributed by atoms with Crippen LogP contribution in [0.1, 0.15) is 18.4 Å². The Morgan fingerprint density at radius 1 is 1.15 bits per heavy atom. The van der Waals surface area contributed by atoms with Crippen molar-refractivity contribution in [1.82, 2.24) is 19.9 Å². The first-order valence-corrected chi connectivity index (χ1v) is 9.27. The van der Waals surface area contributed by atoms with Gasteiger partial charge in [-0.2, -0.15) is 0 Å². The summed E-state index contributed by atoms with van der Waals surface area (Å²) in [5, 5.41) is 17.1. The molecule has 7 heteroatoms. The van der Waals surface area contributed by atoms with Crippen LogP contribution in [0.15, 0.2) is 36.9 Å². The lowest BCUT2D eigenvalue weighted by Crippen LogP contribution is -2.43. The predicted octanol–water partition coefficient (Wildman–Crippen LogP) is 1.60. The van der Waals surface area contributed by atoms with Crippen molar-refractivity contribution < 1.29 is 5.11 Å². The van der Waals surface area contributed by atoms with E-state index in [4.69, 9.17) is 0 Å². The molecule has 0 unspecified atom stereocenters. The zero-order valence-corrected chi connectivity index (χ0v) is 15.0. The summed E-state index contributed by atoms with van der Waals surface area (Å²) in [6, 6.07) is 4.16. The number of aliphatic hydroxyl groups excluding tert-OH is 1. The van der Waals surface area contributed by atoms with Crippen molar-refractivity contribution in [2.45, 2.75) is 31.5 Å². The summed E-state index contributed by atoms with van der Waals surface area (Å²) < 4.78 is 0. The SMILES string of the molecule is CNc1ncccc1CN1C[C@H]2C[C@@H](Nc3cnccn3)[C@H](O)C[C@H]2C1. The van der Waals surface area contributed by atoms with Gasteiger partial charge >= 0.3 is 0 Å². The predicted molar refractivity (Wildman–Crippen MR) is 101 cm³/mol. The second-order valence-corrected chi connectivity index (χ2v) is 7.36. The average molecular weight is 354 g/mol. The fourth-order valence-electron chi connectivity index (χ4n) is 4.41. The molecule has 0 bridgehead atoms. The van der Waals surface area contributed by atoms with Gasteiger partial charge in [-0.05, 0) is 30.7 Å². The molecule has 1 aliphatic heterocycles. The molecule has 0 spiro atoms. The van der Waals surface area contributed by atoms with E-state index in [0.717, 1.165) is 44.1 Å². The molecule has 1 aliphatic carbocycles. The minimum Gasteiger partial charge on any atom is -0.391 e. The third kappa shape index (κ3) is 3.64. The molecule has 138 valence electrons. The van der Waals surface area contributed by atoms with Crippen LogP contribution in [-0.2, 0) is 6.54 Å². The van der Waals surface area contributed by atoms with E-state index in [0.29, 0.717) is 11.8 Å². The molecule has 1 saturated carbocycles. The highest BCUT2D eigenvalue weighted by atomic mass is 16.3. The number of hydrogen-bond acceptors (Lipinski definition) is 7. The molecule has 0 amide bonds. The lowest BCUT2D eigenvalue weighted by molar-refractivity contribution is 0.0735. The third-order valence-electron chi connectivity index (χ3n) is 5.64. The number of anilines is 2. The molecule has 3 N–H and O–H groups in total. The lowest BCUT2D eigenvalue weighted by Gasteiger charge is -2.35. The number of pyridine rings is 1. The number of nitrogens with zero attached hydrogens (tertiary/aromatic N) is 4. The molecule has 0 radical (unpaired) electrons. The third-order valence-corrected chi connectivity index (χ3v) is 5.64. The molecule has 0 aromatic carbocycles. The van der Waals surface area contributed by atoms with Crippen LogP contribution in [0, 0.1) is 11.8 Å². The second-order valence-electron chi connectivity index (χ2n) is 7.36. The van der Waals surface area contributed by atoms with Gasteiger partial charge in [0.05, 0.1) is 18.3 Å². The normalized spacial score (nSPS) is 28.5. The van der Waals surface area contributed by atoms with Crippen molar-refractivity contribution in [1.29, 1.82) is 0 Å². The Labute approximate surface area is 153 Å². The van der Waals surface area contributed by atoms with Crippen molar-refractivity contribution in [3.63, 3.8) is 0 Å². The number of fused-ring (bicyclic) bond motifs is 1. The number of aliphatic hydroxyl groups is 1. The van der Waals surface area contributed by atoms with E-state index >= 15 is 0 Å². The molecule has 2 aromatic heterocycles. The van der Waals surface area contributed by atoms with Crippen LogP contribution < -0.4 is 10.6 Å². The van der Waals surface area contributed by atoms with Crippen LogP contribution in [0.25, 0.3) is 0 Å². The summed E-state index contributed by atoms with van der Waals surface area (Å²) in [5.41, 5.74) is 1.23. The first kappa shape index (κ1) is 17.2. The second kappa shape index (κ2) is 7.55. The summed E-state index contributed by atoms with van der Waals surface area (Å²) in [4.78, 5) is 15.3. The lowest BCUT2D eigenvalue weighted by atomic mass is 9.77. The summed E-state index contributed by atoms with van der Waals surface area (Å²) in [7, 11) is 1.91. The molecule has 3 heterocycles. The highest BCUT2D eigenvalue weighted by molar-refractivity contribution is 5.42. The maximum absolute atomic E-state index is 10.6. The molecular weight excluding hydrogens is 328 g/mol. The Bertz CT molecular complexity index is 727. The zero-order chi connectivity index (χ0) is 17.9. The van der Waals surface area contributed by atoms with Crippen molar-refractivity contribution >= 4 is 11.6 Å². The van der Waals surface area contributed by atoms with Gasteiger partial charge in [0.1, 0.15) is 11.6 Å². The van der Waals surface area contributed by atoms with E-state index in [1.54, 1.807) is 18.6 Å². The van der Waals surface area contributed by atoms with E-state index < -0.39 is 0 Å². The molecule has 2 fully saturated rings. The van der Waals surface area contributed by atoms with Gasteiger partial charge in [0, 0.05) is 50.8 Å². The minimum absolute atomic E-state index is 0.0409. The summed E-state index contributed by atoms with van der Waals surface area (Å²) in [6.07, 6.45) is 8.32. The van der Waals surface area contributed by atoms with E-state index in [9.17, 15) is 5.11 Å². The van der Waals surface area contributed by atoms with Crippen LogP contribution in [-0.4, -0.2) is 57.2 Å². The summed E-state index contributed by atoms with van der Waals surface area (Å²) in [5.74, 6) is 2.84. The molecule has 4 rings (SSSR count). The van der Waals surface area contributed by atoms with Crippen LogP contribution in [0.5, 0.6) is 0 Å². The molecular formula is C19H26N6O. The number of hydrogen-bond donors (Lipinski definition) is 3. The number of likely N-dealkylation sites (tertiary alicyclic amines) is 1. The van der Waals surface area contributed by atoms with Gasteiger partial charge in [-0.1, -0.05) is 6.07 Å². The van der Waals surface area contributed by atoms with Crippen LogP contribution >= 0.6 is 0 Å². The van der Waals surface area contributed by atoms with Gasteiger partial charge in [0.15, 0.2) is 0 Å². The highest BCUT2D eigenvalue weighted by Gasteiger charge is 2.41. The average Bonchev–Trinajstić information content (AvgIpc) is 3.04. The minimum atomic E-state index is -0.343. The first-order valence-electron chi connectivity index (χ1n) is 9.27. The van der Waals surface area contributed by atoms with Gasteiger partial charge in [-0.3, -0.25) is 9.88 Å². The van der Waals surface area contributed by atoms with Crippen molar-refractivity contribution in [3.05, 3.63) is 42.5 Å². The Hall–Kier alpha value is -2.25. The quantitative estimate of drug-likeness (QED) is 0.752. The maximum Gasteiger partial charge on any atom is 0.144 e. The van der Waals surface area contributed by atoms with Gasteiger partial charge < -0.3 is 15.7 Å². The zero-order valence-electron chi connectivity index (χ0n) is 15.0. The summed E-state index contributed by atoms with van der Waals surface area (Å²) >= 11 is 0. The van der Waals surface area contributed by atoms with E-state index in [1.165, 1.54) is 5.56 Å². The fourth-order valence-corrected chi connectivity index (χ4v) is 4.41. The Kier molecular flexibility index (Phi) is 4.99. The van der Waals surface area contributed by atoms with Gasteiger partial charge in [0.25, 0.3) is 0 Å². The van der Waals surface area contributed by atoms with Crippen molar-refractivity contribution in [2.24, 2.45) is 11.8 Å². The molecule has 1 saturated heterocycles. The first-order chi connectivity index (χ1) is 12.7. The summed E-state index contributed by atoms with van der Waals surface area (Å²) in [6.45, 7) is 3.00. The van der Waals surface area contributed by atoms with Crippen molar-refractivity contribution in [2.75, 3.05) is 30.8 Å². The molecule has 2 aromatic rings. The van der Waals surface area contributed by atoms with Gasteiger partial charge in [-0.15, -0.1) is 0 Å². The number of aromatic nitrogens is 3. The van der Waals surface area contributed by atoms with E-state index in [-0.39, 0.29) is 12.1 Å². The van der Waals surface area contributed by atoms with Crippen molar-refractivity contribution in [3.8, 4) is 0 Å². The Morgan fingerprint density at radius 3 is 2.77 bits per heavy atom. The number of rotatable bonds is 5. The van der Waals surface area contributed by atoms with Crippen LogP contribution in [0.3, 0.4) is 0 Å². The molecule has 7 nitrogen and oxygen atoms in total. The molecule has 26 heavy (non-hydrogen) atoms.